The Morgan fingerprint density at radius 3 is 2.58 bits per heavy atom. The number of carbonyl (C=O) groups is 1. The Balaban J connectivity index is 1.52. The van der Waals surface area contributed by atoms with E-state index < -0.39 is 0 Å². The summed E-state index contributed by atoms with van der Waals surface area (Å²) in [5.74, 6) is 0.923. The molecule has 1 aromatic carbocycles. The standard InChI is InChI=1S/C20H21N5O/c1-14-4-3-5-16-15(2)12-18(23-19(14)16)24-8-10-25(11-9-24)20(26)17-13-21-6-7-22-17/h3-7,12-13H,8-11H2,1-2H3. The van der Waals surface area contributed by atoms with Gasteiger partial charge in [0.1, 0.15) is 11.5 Å². The van der Waals surface area contributed by atoms with Crippen molar-refractivity contribution in [2.75, 3.05) is 31.1 Å². The summed E-state index contributed by atoms with van der Waals surface area (Å²) in [4.78, 5) is 29.6. The van der Waals surface area contributed by atoms with Gasteiger partial charge in [0.25, 0.3) is 5.91 Å². The second-order valence-corrected chi connectivity index (χ2v) is 6.64. The van der Waals surface area contributed by atoms with E-state index >= 15 is 0 Å². The van der Waals surface area contributed by atoms with Crippen LogP contribution in [0.4, 0.5) is 5.82 Å². The SMILES string of the molecule is Cc1cc(N2CCN(C(=O)c3cnccn3)CC2)nc2c(C)cccc12. The number of hydrogen-bond acceptors (Lipinski definition) is 5. The quantitative estimate of drug-likeness (QED) is 0.713. The fourth-order valence-electron chi connectivity index (χ4n) is 3.42. The van der Waals surface area contributed by atoms with E-state index in [1.807, 2.05) is 4.90 Å². The number of aryl methyl sites for hydroxylation is 2. The first kappa shape index (κ1) is 16.4. The summed E-state index contributed by atoms with van der Waals surface area (Å²) < 4.78 is 0. The topological polar surface area (TPSA) is 62.2 Å². The molecule has 0 spiro atoms. The summed E-state index contributed by atoms with van der Waals surface area (Å²) in [5.41, 5.74) is 3.87. The molecule has 1 aliphatic heterocycles. The first-order valence-corrected chi connectivity index (χ1v) is 8.81. The van der Waals surface area contributed by atoms with Gasteiger partial charge in [-0.15, -0.1) is 0 Å². The van der Waals surface area contributed by atoms with Crippen LogP contribution in [0.5, 0.6) is 0 Å². The molecule has 0 N–H and O–H groups in total. The molecule has 0 radical (unpaired) electrons. The number of rotatable bonds is 2. The second-order valence-electron chi connectivity index (χ2n) is 6.64. The predicted molar refractivity (Wildman–Crippen MR) is 101 cm³/mol. The molecule has 1 aliphatic rings. The Morgan fingerprint density at radius 2 is 1.85 bits per heavy atom. The van der Waals surface area contributed by atoms with E-state index in [2.05, 4.69) is 53.0 Å². The maximum Gasteiger partial charge on any atom is 0.274 e. The molecular weight excluding hydrogens is 326 g/mol. The number of hydrogen-bond donors (Lipinski definition) is 0. The van der Waals surface area contributed by atoms with Crippen LogP contribution < -0.4 is 4.90 Å². The third-order valence-corrected chi connectivity index (χ3v) is 4.91. The van der Waals surface area contributed by atoms with Crippen LogP contribution in [-0.2, 0) is 0 Å². The van der Waals surface area contributed by atoms with E-state index in [1.54, 1.807) is 12.4 Å². The third-order valence-electron chi connectivity index (χ3n) is 4.91. The number of pyridine rings is 1. The molecule has 4 rings (SSSR count). The molecule has 0 bridgehead atoms. The highest BCUT2D eigenvalue weighted by Gasteiger charge is 2.24. The fraction of sp³-hybridized carbons (Fsp3) is 0.300. The molecule has 2 aromatic heterocycles. The molecule has 26 heavy (non-hydrogen) atoms. The number of para-hydroxylation sites is 1. The van der Waals surface area contributed by atoms with E-state index in [9.17, 15) is 4.79 Å². The molecule has 132 valence electrons. The fourth-order valence-corrected chi connectivity index (χ4v) is 3.42. The summed E-state index contributed by atoms with van der Waals surface area (Å²) in [6.07, 6.45) is 4.64. The van der Waals surface area contributed by atoms with Gasteiger partial charge >= 0.3 is 0 Å². The number of aromatic nitrogens is 3. The largest absolute Gasteiger partial charge is 0.353 e. The van der Waals surface area contributed by atoms with Gasteiger partial charge in [-0.3, -0.25) is 9.78 Å². The van der Waals surface area contributed by atoms with Gasteiger partial charge in [-0.1, -0.05) is 18.2 Å². The molecule has 1 saturated heterocycles. The van der Waals surface area contributed by atoms with E-state index in [4.69, 9.17) is 4.98 Å². The van der Waals surface area contributed by atoms with Crippen LogP contribution in [0.25, 0.3) is 10.9 Å². The van der Waals surface area contributed by atoms with E-state index in [1.165, 1.54) is 22.7 Å². The average Bonchev–Trinajstić information content (AvgIpc) is 2.69. The molecule has 3 heterocycles. The summed E-state index contributed by atoms with van der Waals surface area (Å²) in [7, 11) is 0. The van der Waals surface area contributed by atoms with Crippen LogP contribution in [0, 0.1) is 13.8 Å². The minimum absolute atomic E-state index is 0.0590. The Bertz CT molecular complexity index is 949. The number of anilines is 1. The molecule has 0 aliphatic carbocycles. The molecule has 0 atom stereocenters. The Kier molecular flexibility index (Phi) is 4.24. The van der Waals surface area contributed by atoms with Crippen LogP contribution in [0.3, 0.4) is 0 Å². The zero-order valence-electron chi connectivity index (χ0n) is 15.0. The minimum atomic E-state index is -0.0590. The lowest BCUT2D eigenvalue weighted by atomic mass is 10.1. The third kappa shape index (κ3) is 2.98. The van der Waals surface area contributed by atoms with Gasteiger partial charge in [-0.05, 0) is 31.0 Å². The van der Waals surface area contributed by atoms with Crippen molar-refractivity contribution in [3.63, 3.8) is 0 Å². The number of nitrogens with zero attached hydrogens (tertiary/aromatic N) is 5. The number of fused-ring (bicyclic) bond motifs is 1. The van der Waals surface area contributed by atoms with Crippen LogP contribution >= 0.6 is 0 Å². The Hall–Kier alpha value is -3.02. The highest BCUT2D eigenvalue weighted by Crippen LogP contribution is 2.25. The van der Waals surface area contributed by atoms with E-state index in [0.29, 0.717) is 18.8 Å². The van der Waals surface area contributed by atoms with Crippen LogP contribution in [-0.4, -0.2) is 51.9 Å². The van der Waals surface area contributed by atoms with Crippen molar-refractivity contribution >= 4 is 22.6 Å². The average molecular weight is 347 g/mol. The molecule has 1 fully saturated rings. The first-order chi connectivity index (χ1) is 12.6. The number of carbonyl (C=O) groups excluding carboxylic acids is 1. The highest BCUT2D eigenvalue weighted by atomic mass is 16.2. The smallest absolute Gasteiger partial charge is 0.274 e. The Morgan fingerprint density at radius 1 is 1.04 bits per heavy atom. The molecule has 6 nitrogen and oxygen atoms in total. The minimum Gasteiger partial charge on any atom is -0.353 e. The van der Waals surface area contributed by atoms with Crippen LogP contribution in [0.2, 0.25) is 0 Å². The van der Waals surface area contributed by atoms with Gasteiger partial charge in [0.05, 0.1) is 11.7 Å². The molecular formula is C20H21N5O. The van der Waals surface area contributed by atoms with Gasteiger partial charge in [0, 0.05) is 44.0 Å². The van der Waals surface area contributed by atoms with Gasteiger partial charge in [-0.2, -0.15) is 0 Å². The summed E-state index contributed by atoms with van der Waals surface area (Å²) in [6.45, 7) is 7.05. The maximum absolute atomic E-state index is 12.5. The highest BCUT2D eigenvalue weighted by molar-refractivity contribution is 5.92. The number of benzene rings is 1. The molecule has 6 heteroatoms. The lowest BCUT2D eigenvalue weighted by molar-refractivity contribution is 0.0740. The van der Waals surface area contributed by atoms with Gasteiger partial charge in [0.2, 0.25) is 0 Å². The molecule has 0 unspecified atom stereocenters. The second kappa shape index (κ2) is 6.71. The zero-order valence-corrected chi connectivity index (χ0v) is 15.0. The summed E-state index contributed by atoms with van der Waals surface area (Å²) in [6, 6.07) is 8.42. The molecule has 0 saturated carbocycles. The zero-order chi connectivity index (χ0) is 18.1. The van der Waals surface area contributed by atoms with Gasteiger partial charge < -0.3 is 9.80 Å². The summed E-state index contributed by atoms with van der Waals surface area (Å²) >= 11 is 0. The Labute approximate surface area is 152 Å². The van der Waals surface area contributed by atoms with Crippen LogP contribution in [0.1, 0.15) is 21.6 Å². The normalized spacial score (nSPS) is 14.7. The monoisotopic (exact) mass is 347 g/mol. The molecule has 3 aromatic rings. The maximum atomic E-state index is 12.5. The predicted octanol–water partition coefficient (Wildman–Crippen LogP) is 2.60. The van der Waals surface area contributed by atoms with Crippen molar-refractivity contribution in [1.82, 2.24) is 19.9 Å². The van der Waals surface area contributed by atoms with Crippen molar-refractivity contribution in [3.05, 3.63) is 59.7 Å². The van der Waals surface area contributed by atoms with Crippen molar-refractivity contribution < 1.29 is 4.79 Å². The number of piperazine rings is 1. The van der Waals surface area contributed by atoms with Crippen LogP contribution in [0.15, 0.2) is 42.9 Å². The lowest BCUT2D eigenvalue weighted by Gasteiger charge is -2.35. The van der Waals surface area contributed by atoms with Gasteiger partial charge in [-0.25, -0.2) is 9.97 Å². The van der Waals surface area contributed by atoms with Crippen molar-refractivity contribution in [1.29, 1.82) is 0 Å². The van der Waals surface area contributed by atoms with E-state index in [-0.39, 0.29) is 5.91 Å². The van der Waals surface area contributed by atoms with Crippen molar-refractivity contribution in [3.8, 4) is 0 Å². The number of amides is 1. The van der Waals surface area contributed by atoms with Crippen molar-refractivity contribution in [2.45, 2.75) is 13.8 Å². The molecule has 1 amide bonds. The summed E-state index contributed by atoms with van der Waals surface area (Å²) in [5, 5.41) is 1.20. The lowest BCUT2D eigenvalue weighted by Crippen LogP contribution is -2.49. The van der Waals surface area contributed by atoms with E-state index in [0.717, 1.165) is 24.4 Å². The first-order valence-electron chi connectivity index (χ1n) is 8.81. The van der Waals surface area contributed by atoms with Gasteiger partial charge in [0.15, 0.2) is 0 Å². The van der Waals surface area contributed by atoms with Crippen molar-refractivity contribution in [2.24, 2.45) is 0 Å².